The molecule has 1 N–H and O–H groups in total. The first kappa shape index (κ1) is 14.3. The number of ether oxygens (including phenoxy) is 1. The van der Waals surface area contributed by atoms with E-state index < -0.39 is 18.0 Å². The fourth-order valence-corrected chi connectivity index (χ4v) is 2.67. The Hall–Kier alpha value is -2.11. The Labute approximate surface area is 117 Å². The third-order valence-electron chi connectivity index (χ3n) is 3.66. The summed E-state index contributed by atoms with van der Waals surface area (Å²) in [5.74, 6) is -1.30. The van der Waals surface area contributed by atoms with E-state index >= 15 is 0 Å². The van der Waals surface area contributed by atoms with E-state index in [-0.39, 0.29) is 11.6 Å². The number of hydrogen-bond acceptors (Lipinski definition) is 5. The van der Waals surface area contributed by atoms with Crippen LogP contribution >= 0.6 is 0 Å². The van der Waals surface area contributed by atoms with E-state index in [9.17, 15) is 14.7 Å². The minimum Gasteiger partial charge on any atom is -0.480 e. The van der Waals surface area contributed by atoms with Crippen molar-refractivity contribution < 1.29 is 19.4 Å². The second kappa shape index (κ2) is 5.90. The maximum Gasteiger partial charge on any atom is 0.356 e. The molecule has 0 radical (unpaired) electrons. The maximum atomic E-state index is 11.5. The monoisotopic (exact) mass is 278 g/mol. The molecule has 6 heteroatoms. The number of carbonyl (C=O) groups excluding carboxylic acids is 1. The number of aliphatic carboxylic acids is 1. The molecule has 1 aliphatic rings. The lowest BCUT2D eigenvalue weighted by atomic mass is 9.90. The van der Waals surface area contributed by atoms with E-state index in [4.69, 9.17) is 0 Å². The molecule has 1 saturated heterocycles. The summed E-state index contributed by atoms with van der Waals surface area (Å²) in [7, 11) is 1.29. The lowest BCUT2D eigenvalue weighted by Gasteiger charge is -2.38. The zero-order valence-corrected chi connectivity index (χ0v) is 11.6. The Balaban J connectivity index is 2.33. The van der Waals surface area contributed by atoms with Crippen LogP contribution in [0, 0.1) is 5.92 Å². The van der Waals surface area contributed by atoms with E-state index in [0.717, 1.165) is 12.8 Å². The molecule has 0 aliphatic carbocycles. The van der Waals surface area contributed by atoms with Gasteiger partial charge in [0.05, 0.1) is 7.11 Å². The zero-order chi connectivity index (χ0) is 14.7. The molecule has 2 atom stereocenters. The lowest BCUT2D eigenvalue weighted by Crippen LogP contribution is -2.49. The number of methoxy groups -OCH3 is 1. The number of carboxylic acid groups (broad SMARTS) is 1. The van der Waals surface area contributed by atoms with Crippen molar-refractivity contribution in [3.63, 3.8) is 0 Å². The van der Waals surface area contributed by atoms with Crippen LogP contribution in [0.5, 0.6) is 0 Å². The summed E-state index contributed by atoms with van der Waals surface area (Å²) in [4.78, 5) is 28.8. The fraction of sp³-hybridized carbons (Fsp3) is 0.500. The van der Waals surface area contributed by atoms with Crippen molar-refractivity contribution in [3.05, 3.63) is 24.0 Å². The minimum atomic E-state index is -0.839. The largest absolute Gasteiger partial charge is 0.480 e. The average Bonchev–Trinajstić information content (AvgIpc) is 2.45. The number of piperidine rings is 1. The first-order valence-corrected chi connectivity index (χ1v) is 6.58. The van der Waals surface area contributed by atoms with Gasteiger partial charge in [0.1, 0.15) is 11.7 Å². The van der Waals surface area contributed by atoms with Crippen molar-refractivity contribution in [1.29, 1.82) is 0 Å². The van der Waals surface area contributed by atoms with Gasteiger partial charge in [0.2, 0.25) is 0 Å². The molecular formula is C14H18N2O4. The highest BCUT2D eigenvalue weighted by Crippen LogP contribution is 2.29. The highest BCUT2D eigenvalue weighted by Gasteiger charge is 2.34. The van der Waals surface area contributed by atoms with Crippen LogP contribution in [0.15, 0.2) is 18.3 Å². The van der Waals surface area contributed by atoms with Gasteiger partial charge in [-0.2, -0.15) is 0 Å². The molecule has 0 amide bonds. The summed E-state index contributed by atoms with van der Waals surface area (Å²) in [6, 6.07) is 2.73. The SMILES string of the molecule is COC(=O)c1cc(N2CCCC(C)C2C(=O)O)ccn1. The molecule has 2 heterocycles. The van der Waals surface area contributed by atoms with Crippen molar-refractivity contribution in [3.8, 4) is 0 Å². The Morgan fingerprint density at radius 3 is 2.90 bits per heavy atom. The second-order valence-corrected chi connectivity index (χ2v) is 4.99. The van der Waals surface area contributed by atoms with Crippen LogP contribution in [0.4, 0.5) is 5.69 Å². The molecule has 0 bridgehead atoms. The van der Waals surface area contributed by atoms with E-state index in [1.54, 1.807) is 12.1 Å². The normalized spacial score (nSPS) is 22.4. The van der Waals surface area contributed by atoms with Gasteiger partial charge in [-0.25, -0.2) is 14.6 Å². The topological polar surface area (TPSA) is 79.7 Å². The third-order valence-corrected chi connectivity index (χ3v) is 3.66. The van der Waals surface area contributed by atoms with E-state index in [0.29, 0.717) is 12.2 Å². The first-order chi connectivity index (χ1) is 9.54. The Morgan fingerprint density at radius 2 is 2.25 bits per heavy atom. The number of anilines is 1. The number of aromatic nitrogens is 1. The molecule has 2 unspecified atom stereocenters. The van der Waals surface area contributed by atoms with Gasteiger partial charge in [-0.15, -0.1) is 0 Å². The molecule has 108 valence electrons. The molecule has 0 saturated carbocycles. The molecule has 1 aromatic heterocycles. The van der Waals surface area contributed by atoms with Crippen LogP contribution in [-0.4, -0.2) is 41.7 Å². The maximum absolute atomic E-state index is 11.5. The van der Waals surface area contributed by atoms with Gasteiger partial charge in [0.25, 0.3) is 0 Å². The number of esters is 1. The fourth-order valence-electron chi connectivity index (χ4n) is 2.67. The zero-order valence-electron chi connectivity index (χ0n) is 11.6. The van der Waals surface area contributed by atoms with Gasteiger partial charge >= 0.3 is 11.9 Å². The number of nitrogens with zero attached hydrogens (tertiary/aromatic N) is 2. The van der Waals surface area contributed by atoms with Gasteiger partial charge in [0, 0.05) is 18.4 Å². The van der Waals surface area contributed by atoms with Crippen LogP contribution in [0.1, 0.15) is 30.3 Å². The quantitative estimate of drug-likeness (QED) is 0.845. The summed E-state index contributed by atoms with van der Waals surface area (Å²) < 4.78 is 4.64. The standard InChI is InChI=1S/C14H18N2O4/c1-9-4-3-7-16(12(9)13(17)18)10-5-6-15-11(8-10)14(19)20-2/h5-6,8-9,12H,3-4,7H2,1-2H3,(H,17,18). The molecule has 1 aromatic rings. The number of hydrogen-bond donors (Lipinski definition) is 1. The lowest BCUT2D eigenvalue weighted by molar-refractivity contribution is -0.140. The second-order valence-electron chi connectivity index (χ2n) is 4.99. The average molecular weight is 278 g/mol. The summed E-state index contributed by atoms with van der Waals surface area (Å²) in [5, 5.41) is 9.42. The van der Waals surface area contributed by atoms with E-state index in [1.165, 1.54) is 13.3 Å². The molecule has 1 fully saturated rings. The number of carboxylic acids is 1. The Bertz CT molecular complexity index is 518. The molecule has 2 rings (SSSR count). The smallest absolute Gasteiger partial charge is 0.356 e. The number of carbonyl (C=O) groups is 2. The van der Waals surface area contributed by atoms with Crippen molar-refractivity contribution in [2.75, 3.05) is 18.6 Å². The van der Waals surface area contributed by atoms with Crippen LogP contribution < -0.4 is 4.90 Å². The number of pyridine rings is 1. The van der Waals surface area contributed by atoms with Crippen molar-refractivity contribution in [1.82, 2.24) is 4.98 Å². The molecular weight excluding hydrogens is 260 g/mol. The van der Waals surface area contributed by atoms with Crippen molar-refractivity contribution >= 4 is 17.6 Å². The summed E-state index contributed by atoms with van der Waals surface area (Å²) in [6.07, 6.45) is 3.32. The summed E-state index contributed by atoms with van der Waals surface area (Å²) in [6.45, 7) is 2.60. The third kappa shape index (κ3) is 2.74. The molecule has 0 spiro atoms. The van der Waals surface area contributed by atoms with Crippen molar-refractivity contribution in [2.24, 2.45) is 5.92 Å². The highest BCUT2D eigenvalue weighted by atomic mass is 16.5. The molecule has 6 nitrogen and oxygen atoms in total. The first-order valence-electron chi connectivity index (χ1n) is 6.58. The minimum absolute atomic E-state index is 0.0657. The van der Waals surface area contributed by atoms with Crippen LogP contribution in [0.25, 0.3) is 0 Å². The highest BCUT2D eigenvalue weighted by molar-refractivity contribution is 5.88. The van der Waals surface area contributed by atoms with E-state index in [2.05, 4.69) is 9.72 Å². The Kier molecular flexibility index (Phi) is 4.22. The molecule has 20 heavy (non-hydrogen) atoms. The van der Waals surface area contributed by atoms with E-state index in [1.807, 2.05) is 11.8 Å². The van der Waals surface area contributed by atoms with Crippen molar-refractivity contribution in [2.45, 2.75) is 25.8 Å². The van der Waals surface area contributed by atoms with Gasteiger partial charge in [0.15, 0.2) is 0 Å². The van der Waals surface area contributed by atoms with Gasteiger partial charge in [-0.1, -0.05) is 6.92 Å². The summed E-state index contributed by atoms with van der Waals surface area (Å²) in [5.41, 5.74) is 0.881. The molecule has 0 aromatic carbocycles. The summed E-state index contributed by atoms with van der Waals surface area (Å²) >= 11 is 0. The molecule has 1 aliphatic heterocycles. The predicted octanol–water partition coefficient (Wildman–Crippen LogP) is 1.56. The van der Waals surface area contributed by atoms with Gasteiger partial charge < -0.3 is 14.7 Å². The predicted molar refractivity (Wildman–Crippen MR) is 72.7 cm³/mol. The van der Waals surface area contributed by atoms with Gasteiger partial charge in [-0.05, 0) is 30.9 Å². The number of rotatable bonds is 3. The van der Waals surface area contributed by atoms with Gasteiger partial charge in [-0.3, -0.25) is 0 Å². The Morgan fingerprint density at radius 1 is 1.50 bits per heavy atom. The van der Waals surface area contributed by atoms with Crippen LogP contribution in [-0.2, 0) is 9.53 Å². The van der Waals surface area contributed by atoms with Crippen LogP contribution in [0.2, 0.25) is 0 Å². The van der Waals surface area contributed by atoms with Crippen LogP contribution in [0.3, 0.4) is 0 Å².